The summed E-state index contributed by atoms with van der Waals surface area (Å²) >= 11 is 0. The fourth-order valence-corrected chi connectivity index (χ4v) is 3.93. The molecule has 1 amide bonds. The number of rotatable bonds is 3. The van der Waals surface area contributed by atoms with Crippen molar-refractivity contribution in [2.45, 2.75) is 18.9 Å². The Morgan fingerprint density at radius 3 is 2.48 bits per heavy atom. The number of benzene rings is 1. The number of hydrogen-bond donors (Lipinski definition) is 0. The van der Waals surface area contributed by atoms with E-state index in [0.29, 0.717) is 69.4 Å². The Hall–Kier alpha value is -2.12. The quantitative estimate of drug-likeness (QED) is 0.741. The largest absolute Gasteiger partial charge is 0.486 e. The molecule has 1 aromatic rings. The van der Waals surface area contributed by atoms with Crippen LogP contribution in [0.15, 0.2) is 18.2 Å². The van der Waals surface area contributed by atoms with Crippen molar-refractivity contribution in [3.05, 3.63) is 23.8 Å². The molecule has 3 heterocycles. The average molecular weight is 374 g/mol. The van der Waals surface area contributed by atoms with Gasteiger partial charge in [-0.25, -0.2) is 0 Å². The fourth-order valence-electron chi connectivity index (χ4n) is 3.93. The number of hydrogen-bond acceptors (Lipinski definition) is 6. The first-order valence-electron chi connectivity index (χ1n) is 9.64. The molecule has 0 bridgehead atoms. The molecule has 1 atom stereocenters. The highest BCUT2D eigenvalue weighted by molar-refractivity contribution is 5.98. The Morgan fingerprint density at radius 1 is 1.00 bits per heavy atom. The van der Waals surface area contributed by atoms with Crippen LogP contribution in [-0.4, -0.2) is 80.6 Å². The van der Waals surface area contributed by atoms with Crippen molar-refractivity contribution in [1.29, 1.82) is 0 Å². The summed E-state index contributed by atoms with van der Waals surface area (Å²) in [7, 11) is 2.00. The van der Waals surface area contributed by atoms with E-state index >= 15 is 0 Å². The number of fused-ring (bicyclic) bond motifs is 1. The molecule has 7 nitrogen and oxygen atoms in total. The van der Waals surface area contributed by atoms with Crippen molar-refractivity contribution >= 4 is 11.7 Å². The minimum atomic E-state index is -0.381. The summed E-state index contributed by atoms with van der Waals surface area (Å²) in [4.78, 5) is 29.5. The second kappa shape index (κ2) is 7.86. The number of likely N-dealkylation sites (N-methyl/N-ethyl adjacent to an activating group) is 1. The molecule has 146 valence electrons. The van der Waals surface area contributed by atoms with Gasteiger partial charge in [0, 0.05) is 37.7 Å². The van der Waals surface area contributed by atoms with Gasteiger partial charge >= 0.3 is 0 Å². The monoisotopic (exact) mass is 374 g/mol. The zero-order valence-electron chi connectivity index (χ0n) is 15.7. The van der Waals surface area contributed by atoms with Crippen LogP contribution in [0.1, 0.15) is 23.2 Å². The van der Waals surface area contributed by atoms with Crippen molar-refractivity contribution in [3.63, 3.8) is 0 Å². The molecule has 0 spiro atoms. The summed E-state index contributed by atoms with van der Waals surface area (Å²) in [6, 6.07) is 5.39. The topological polar surface area (TPSA) is 68.3 Å². The van der Waals surface area contributed by atoms with Gasteiger partial charge in [0.25, 0.3) is 5.91 Å². The van der Waals surface area contributed by atoms with E-state index in [2.05, 4.69) is 4.90 Å². The number of morpholine rings is 1. The van der Waals surface area contributed by atoms with Crippen molar-refractivity contribution < 1.29 is 23.8 Å². The second-order valence-electron chi connectivity index (χ2n) is 7.44. The van der Waals surface area contributed by atoms with Crippen LogP contribution >= 0.6 is 0 Å². The van der Waals surface area contributed by atoms with E-state index in [1.165, 1.54) is 0 Å². The van der Waals surface area contributed by atoms with E-state index < -0.39 is 0 Å². The van der Waals surface area contributed by atoms with Gasteiger partial charge in [0.15, 0.2) is 17.3 Å². The van der Waals surface area contributed by atoms with Crippen LogP contribution < -0.4 is 9.47 Å². The smallest absolute Gasteiger partial charge is 0.253 e. The maximum absolute atomic E-state index is 12.9. The molecular weight excluding hydrogens is 348 g/mol. The maximum atomic E-state index is 12.9. The maximum Gasteiger partial charge on any atom is 0.253 e. The van der Waals surface area contributed by atoms with Gasteiger partial charge in [-0.15, -0.1) is 0 Å². The zero-order valence-corrected chi connectivity index (χ0v) is 15.7. The summed E-state index contributed by atoms with van der Waals surface area (Å²) in [5, 5.41) is 0. The number of carbonyl (C=O) groups is 2. The van der Waals surface area contributed by atoms with Gasteiger partial charge in [0.2, 0.25) is 0 Å². The molecule has 0 aromatic heterocycles. The first-order valence-corrected chi connectivity index (χ1v) is 9.64. The SMILES string of the molecule is CN1CCO[C@H](C(=O)N2CCC(C(=O)c3ccc4c(c3)OCCO4)CC2)C1. The fraction of sp³-hybridized carbons (Fsp3) is 0.600. The highest BCUT2D eigenvalue weighted by atomic mass is 16.6. The van der Waals surface area contributed by atoms with Crippen molar-refractivity contribution in [2.75, 3.05) is 53.0 Å². The third-order valence-corrected chi connectivity index (χ3v) is 5.55. The summed E-state index contributed by atoms with van der Waals surface area (Å²) in [5.41, 5.74) is 0.654. The number of piperidine rings is 1. The molecule has 4 rings (SSSR count). The van der Waals surface area contributed by atoms with Gasteiger partial charge in [-0.2, -0.15) is 0 Å². The Bertz CT molecular complexity index is 714. The third kappa shape index (κ3) is 3.94. The Kier molecular flexibility index (Phi) is 5.31. The Balaban J connectivity index is 1.35. The van der Waals surface area contributed by atoms with Gasteiger partial charge in [0.1, 0.15) is 19.3 Å². The lowest BCUT2D eigenvalue weighted by Gasteiger charge is -2.36. The van der Waals surface area contributed by atoms with E-state index in [0.717, 1.165) is 6.54 Å². The first kappa shape index (κ1) is 18.3. The van der Waals surface area contributed by atoms with E-state index in [9.17, 15) is 9.59 Å². The normalized spacial score (nSPS) is 23.9. The molecule has 2 fully saturated rings. The molecular formula is C20H26N2O5. The second-order valence-corrected chi connectivity index (χ2v) is 7.44. The van der Waals surface area contributed by atoms with Gasteiger partial charge in [0.05, 0.1) is 6.61 Å². The lowest BCUT2D eigenvalue weighted by atomic mass is 9.88. The first-order chi connectivity index (χ1) is 13.1. The third-order valence-electron chi connectivity index (χ3n) is 5.55. The number of likely N-dealkylation sites (tertiary alicyclic amines) is 1. The van der Waals surface area contributed by atoms with Crippen LogP contribution in [0.2, 0.25) is 0 Å². The summed E-state index contributed by atoms with van der Waals surface area (Å²) in [5.74, 6) is 1.43. The van der Waals surface area contributed by atoms with Gasteiger partial charge in [-0.3, -0.25) is 9.59 Å². The van der Waals surface area contributed by atoms with Gasteiger partial charge in [-0.1, -0.05) is 0 Å². The summed E-state index contributed by atoms with van der Waals surface area (Å²) in [6.07, 6.45) is 0.983. The number of amides is 1. The molecule has 0 radical (unpaired) electrons. The zero-order chi connectivity index (χ0) is 18.8. The standard InChI is InChI=1S/C20H26N2O5/c1-21-8-9-25-18(13-21)20(24)22-6-4-14(5-7-22)19(23)15-2-3-16-17(12-15)27-11-10-26-16/h2-3,12,14,18H,4-11,13H2,1H3/t18-/m0/s1. The highest BCUT2D eigenvalue weighted by Crippen LogP contribution is 2.32. The minimum Gasteiger partial charge on any atom is -0.486 e. The van der Waals surface area contributed by atoms with Crippen LogP contribution in [0.25, 0.3) is 0 Å². The van der Waals surface area contributed by atoms with E-state index in [1.54, 1.807) is 18.2 Å². The molecule has 0 saturated carbocycles. The number of Topliss-reactive ketones (excluding diaryl/α,β-unsaturated/α-hetero) is 1. The molecule has 0 N–H and O–H groups in total. The van der Waals surface area contributed by atoms with Crippen LogP contribution in [-0.2, 0) is 9.53 Å². The Labute approximate surface area is 159 Å². The molecule has 2 saturated heterocycles. The average Bonchev–Trinajstić information content (AvgIpc) is 2.72. The van der Waals surface area contributed by atoms with Crippen LogP contribution in [0.4, 0.5) is 0 Å². The number of nitrogens with zero attached hydrogens (tertiary/aromatic N) is 2. The molecule has 7 heteroatoms. The van der Waals surface area contributed by atoms with Crippen molar-refractivity contribution in [2.24, 2.45) is 5.92 Å². The van der Waals surface area contributed by atoms with E-state index in [1.807, 2.05) is 11.9 Å². The molecule has 27 heavy (non-hydrogen) atoms. The van der Waals surface area contributed by atoms with Crippen LogP contribution in [0, 0.1) is 5.92 Å². The highest BCUT2D eigenvalue weighted by Gasteiger charge is 2.33. The molecule has 0 unspecified atom stereocenters. The summed E-state index contributed by atoms with van der Waals surface area (Å²) < 4.78 is 16.7. The number of ether oxygens (including phenoxy) is 3. The number of carbonyl (C=O) groups excluding carboxylic acids is 2. The van der Waals surface area contributed by atoms with Gasteiger partial charge in [-0.05, 0) is 38.1 Å². The molecule has 1 aromatic carbocycles. The van der Waals surface area contributed by atoms with E-state index in [-0.39, 0.29) is 23.7 Å². The predicted molar refractivity (Wildman–Crippen MR) is 98.3 cm³/mol. The van der Waals surface area contributed by atoms with Crippen molar-refractivity contribution in [1.82, 2.24) is 9.80 Å². The van der Waals surface area contributed by atoms with E-state index in [4.69, 9.17) is 14.2 Å². The number of ketones is 1. The summed E-state index contributed by atoms with van der Waals surface area (Å²) in [6.45, 7) is 4.32. The van der Waals surface area contributed by atoms with Crippen LogP contribution in [0.3, 0.4) is 0 Å². The van der Waals surface area contributed by atoms with Gasteiger partial charge < -0.3 is 24.0 Å². The predicted octanol–water partition coefficient (Wildman–Crippen LogP) is 1.21. The molecule has 3 aliphatic heterocycles. The molecule has 0 aliphatic carbocycles. The Morgan fingerprint density at radius 2 is 1.74 bits per heavy atom. The minimum absolute atomic E-state index is 0.0479. The van der Waals surface area contributed by atoms with Crippen LogP contribution in [0.5, 0.6) is 11.5 Å². The lowest BCUT2D eigenvalue weighted by Crippen LogP contribution is -2.52. The molecule has 3 aliphatic rings. The lowest BCUT2D eigenvalue weighted by molar-refractivity contribution is -0.150. The van der Waals surface area contributed by atoms with Crippen molar-refractivity contribution in [3.8, 4) is 11.5 Å².